The van der Waals surface area contributed by atoms with E-state index >= 15 is 0 Å². The van der Waals surface area contributed by atoms with Crippen molar-refractivity contribution in [2.45, 2.75) is 39.2 Å². The molecule has 5 rings (SSSR count). The number of carbonyl (C=O) groups is 2. The molecule has 1 heterocycles. The van der Waals surface area contributed by atoms with Crippen LogP contribution in [0.5, 0.6) is 5.75 Å². The minimum Gasteiger partial charge on any atom is -0.497 e. The smallest absolute Gasteiger partial charge is 0.232 e. The third kappa shape index (κ3) is 4.46. The predicted molar refractivity (Wildman–Crippen MR) is 138 cm³/mol. The van der Waals surface area contributed by atoms with Crippen LogP contribution in [0.2, 0.25) is 0 Å². The Labute approximate surface area is 206 Å². The number of hydrogen-bond donors (Lipinski definition) is 1. The van der Waals surface area contributed by atoms with Gasteiger partial charge in [0.2, 0.25) is 5.91 Å². The molecule has 5 nitrogen and oxygen atoms in total. The molecule has 178 valence electrons. The minimum absolute atomic E-state index is 0.0651. The lowest BCUT2D eigenvalue weighted by molar-refractivity contribution is -0.119. The van der Waals surface area contributed by atoms with Gasteiger partial charge < -0.3 is 10.1 Å². The molecule has 3 aromatic carbocycles. The fourth-order valence-corrected chi connectivity index (χ4v) is 5.24. The van der Waals surface area contributed by atoms with Crippen LogP contribution in [0.4, 0.5) is 11.4 Å². The summed E-state index contributed by atoms with van der Waals surface area (Å²) in [5, 5.41) is 3.56. The first-order valence-electron chi connectivity index (χ1n) is 12.0. The molecule has 0 unspecified atom stereocenters. The van der Waals surface area contributed by atoms with Gasteiger partial charge in [-0.05, 0) is 47.2 Å². The van der Waals surface area contributed by atoms with E-state index < -0.39 is 6.04 Å². The van der Waals surface area contributed by atoms with E-state index in [1.807, 2.05) is 83.8 Å². The highest BCUT2D eigenvalue weighted by Gasteiger charge is 2.43. The van der Waals surface area contributed by atoms with Crippen LogP contribution in [0, 0.1) is 5.41 Å². The molecular weight excluding hydrogens is 436 g/mol. The van der Waals surface area contributed by atoms with Crippen LogP contribution < -0.4 is 15.0 Å². The third-order valence-corrected chi connectivity index (χ3v) is 6.78. The van der Waals surface area contributed by atoms with Gasteiger partial charge in [0.25, 0.3) is 0 Å². The Morgan fingerprint density at radius 3 is 2.51 bits per heavy atom. The molecule has 0 fully saturated rings. The van der Waals surface area contributed by atoms with Gasteiger partial charge in [-0.15, -0.1) is 0 Å². The minimum atomic E-state index is -0.559. The Morgan fingerprint density at radius 2 is 1.74 bits per heavy atom. The lowest BCUT2D eigenvalue weighted by Gasteiger charge is -2.37. The van der Waals surface area contributed by atoms with Crippen LogP contribution in [0.15, 0.2) is 90.1 Å². The van der Waals surface area contributed by atoms with E-state index in [1.165, 1.54) is 0 Å². The molecule has 1 atom stereocenters. The second kappa shape index (κ2) is 9.06. The molecular formula is C30H30N2O3. The van der Waals surface area contributed by atoms with Gasteiger partial charge in [0.05, 0.1) is 30.9 Å². The quantitative estimate of drug-likeness (QED) is 0.506. The summed E-state index contributed by atoms with van der Waals surface area (Å²) in [5.41, 5.74) is 4.77. The number of hydrogen-bond acceptors (Lipinski definition) is 4. The highest BCUT2D eigenvalue weighted by atomic mass is 16.5. The molecule has 1 aliphatic heterocycles. The summed E-state index contributed by atoms with van der Waals surface area (Å²) in [7, 11) is 1.63. The molecule has 0 saturated carbocycles. The van der Waals surface area contributed by atoms with Crippen LogP contribution in [-0.2, 0) is 16.0 Å². The van der Waals surface area contributed by atoms with Crippen molar-refractivity contribution in [3.05, 3.63) is 101 Å². The van der Waals surface area contributed by atoms with Crippen LogP contribution >= 0.6 is 0 Å². The van der Waals surface area contributed by atoms with Crippen LogP contribution in [0.25, 0.3) is 0 Å². The lowest BCUT2D eigenvalue weighted by Crippen LogP contribution is -2.40. The van der Waals surface area contributed by atoms with E-state index in [2.05, 4.69) is 19.2 Å². The molecule has 2 aliphatic rings. The molecule has 1 aliphatic carbocycles. The van der Waals surface area contributed by atoms with Crippen LogP contribution in [0.1, 0.15) is 43.9 Å². The van der Waals surface area contributed by atoms with Crippen LogP contribution in [0.3, 0.4) is 0 Å². The summed E-state index contributed by atoms with van der Waals surface area (Å²) in [4.78, 5) is 29.6. The summed E-state index contributed by atoms with van der Waals surface area (Å²) in [5.74, 6) is 0.695. The van der Waals surface area contributed by atoms with Crippen molar-refractivity contribution in [2.75, 3.05) is 17.3 Å². The first kappa shape index (κ1) is 22.9. The summed E-state index contributed by atoms with van der Waals surface area (Å²) < 4.78 is 5.51. The van der Waals surface area contributed by atoms with Crippen molar-refractivity contribution >= 4 is 23.1 Å². The highest BCUT2D eigenvalue weighted by Crippen LogP contribution is 2.48. The van der Waals surface area contributed by atoms with Gasteiger partial charge >= 0.3 is 0 Å². The average molecular weight is 467 g/mol. The molecule has 0 bridgehead atoms. The molecule has 1 N–H and O–H groups in total. The predicted octanol–water partition coefficient (Wildman–Crippen LogP) is 6.08. The zero-order chi connectivity index (χ0) is 24.6. The zero-order valence-electron chi connectivity index (χ0n) is 20.4. The standard InChI is InChI=1S/C30H30N2O3/c1-30(2)18-24-28(26(33)19-30)29(21-12-9-13-22(17-21)35-3)32(25-15-8-7-14-23(25)31-24)27(34)16-20-10-5-4-6-11-20/h4-15,17,29,31H,16,18-19H2,1-3H3/t29-/m0/s1. The van der Waals surface area contributed by atoms with Gasteiger partial charge in [0.15, 0.2) is 5.78 Å². The van der Waals surface area contributed by atoms with E-state index in [0.717, 1.165) is 34.6 Å². The number of benzene rings is 3. The number of fused-ring (bicyclic) bond motifs is 1. The SMILES string of the molecule is COc1cccc([C@H]2C3=C(CC(C)(C)CC3=O)Nc3ccccc3N2C(=O)Cc2ccccc2)c1. The fourth-order valence-electron chi connectivity index (χ4n) is 5.24. The summed E-state index contributed by atoms with van der Waals surface area (Å²) >= 11 is 0. The van der Waals surface area contributed by atoms with Gasteiger partial charge in [0, 0.05) is 17.7 Å². The number of nitrogens with one attached hydrogen (secondary N) is 1. The number of ether oxygens (including phenoxy) is 1. The largest absolute Gasteiger partial charge is 0.497 e. The number of rotatable bonds is 4. The number of allylic oxidation sites excluding steroid dienone is 1. The number of Topliss-reactive ketones (excluding diaryl/α,β-unsaturated/α-hetero) is 1. The molecule has 0 saturated heterocycles. The first-order chi connectivity index (χ1) is 16.9. The van der Waals surface area contributed by atoms with E-state index in [0.29, 0.717) is 17.7 Å². The van der Waals surface area contributed by atoms with Crippen molar-refractivity contribution in [3.63, 3.8) is 0 Å². The van der Waals surface area contributed by atoms with Gasteiger partial charge in [0.1, 0.15) is 5.75 Å². The Hall–Kier alpha value is -3.86. The van der Waals surface area contributed by atoms with Gasteiger partial charge in [-0.1, -0.05) is 68.4 Å². The summed E-state index contributed by atoms with van der Waals surface area (Å²) in [6.07, 6.45) is 1.40. The monoisotopic (exact) mass is 466 g/mol. The Bertz CT molecular complexity index is 1310. The Kier molecular flexibility index (Phi) is 5.93. The van der Waals surface area contributed by atoms with Crippen molar-refractivity contribution in [1.29, 1.82) is 0 Å². The number of methoxy groups -OCH3 is 1. The topological polar surface area (TPSA) is 58.6 Å². The van der Waals surface area contributed by atoms with E-state index in [-0.39, 0.29) is 23.5 Å². The van der Waals surface area contributed by atoms with Gasteiger partial charge in [-0.25, -0.2) is 0 Å². The van der Waals surface area contributed by atoms with E-state index in [4.69, 9.17) is 4.74 Å². The average Bonchev–Trinajstić information content (AvgIpc) is 2.98. The number of amides is 1. The van der Waals surface area contributed by atoms with E-state index in [1.54, 1.807) is 7.11 Å². The number of carbonyl (C=O) groups excluding carboxylic acids is 2. The van der Waals surface area contributed by atoms with Crippen LogP contribution in [-0.4, -0.2) is 18.8 Å². The zero-order valence-corrected chi connectivity index (χ0v) is 20.4. The molecule has 1 amide bonds. The second-order valence-electron chi connectivity index (χ2n) is 10.1. The maximum atomic E-state index is 14.1. The molecule has 0 radical (unpaired) electrons. The first-order valence-corrected chi connectivity index (χ1v) is 12.0. The molecule has 0 aromatic heterocycles. The van der Waals surface area contributed by atoms with Crippen molar-refractivity contribution in [1.82, 2.24) is 0 Å². The number of anilines is 2. The fraction of sp³-hybridized carbons (Fsp3) is 0.267. The van der Waals surface area contributed by atoms with E-state index in [9.17, 15) is 9.59 Å². The number of para-hydroxylation sites is 2. The maximum absolute atomic E-state index is 14.1. The normalized spacial score (nSPS) is 18.8. The van der Waals surface area contributed by atoms with Crippen molar-refractivity contribution < 1.29 is 14.3 Å². The Balaban J connectivity index is 1.73. The summed E-state index contributed by atoms with van der Waals surface area (Å²) in [6.45, 7) is 4.23. The second-order valence-corrected chi connectivity index (χ2v) is 10.1. The molecule has 5 heteroatoms. The number of ketones is 1. The maximum Gasteiger partial charge on any atom is 0.232 e. The van der Waals surface area contributed by atoms with Gasteiger partial charge in [-0.3, -0.25) is 14.5 Å². The molecule has 0 spiro atoms. The molecule has 3 aromatic rings. The summed E-state index contributed by atoms with van der Waals surface area (Å²) in [6, 6.07) is 24.7. The third-order valence-electron chi connectivity index (χ3n) is 6.78. The highest BCUT2D eigenvalue weighted by molar-refractivity contribution is 6.06. The van der Waals surface area contributed by atoms with Crippen molar-refractivity contribution in [2.24, 2.45) is 5.41 Å². The van der Waals surface area contributed by atoms with Crippen molar-refractivity contribution in [3.8, 4) is 5.75 Å². The number of nitrogens with zero attached hydrogens (tertiary/aromatic N) is 1. The van der Waals surface area contributed by atoms with Gasteiger partial charge in [-0.2, -0.15) is 0 Å². The molecule has 35 heavy (non-hydrogen) atoms. The lowest BCUT2D eigenvalue weighted by atomic mass is 9.73. The Morgan fingerprint density at radius 1 is 1.00 bits per heavy atom.